The molecule has 0 radical (unpaired) electrons. The Morgan fingerprint density at radius 3 is 2.50 bits per heavy atom. The highest BCUT2D eigenvalue weighted by Gasteiger charge is 2.14. The lowest BCUT2D eigenvalue weighted by Crippen LogP contribution is -2.11. The molecule has 16 heavy (non-hydrogen) atoms. The Morgan fingerprint density at radius 1 is 1.38 bits per heavy atom. The molecule has 0 aliphatic heterocycles. The number of hydrogen-bond donors (Lipinski definition) is 3. The predicted octanol–water partition coefficient (Wildman–Crippen LogP) is 1.19. The van der Waals surface area contributed by atoms with Crippen molar-refractivity contribution >= 4 is 5.91 Å². The molecule has 0 fully saturated rings. The van der Waals surface area contributed by atoms with Crippen LogP contribution in [0.3, 0.4) is 0 Å². The molecule has 0 saturated carbocycles. The fraction of sp³-hybridized carbons (Fsp3) is 0.0909. The minimum absolute atomic E-state index is 0.0735. The van der Waals surface area contributed by atoms with Crippen LogP contribution in [0.25, 0.3) is 11.4 Å². The fourth-order valence-corrected chi connectivity index (χ4v) is 1.38. The maximum Gasteiger partial charge on any atom is 0.270 e. The van der Waals surface area contributed by atoms with E-state index in [0.29, 0.717) is 5.82 Å². The molecule has 0 atom stereocenters. The quantitative estimate of drug-likeness (QED) is 0.705. The lowest BCUT2D eigenvalue weighted by molar-refractivity contribution is 0.0993. The summed E-state index contributed by atoms with van der Waals surface area (Å²) in [4.78, 5) is 17.4. The van der Waals surface area contributed by atoms with Crippen LogP contribution < -0.4 is 5.73 Å². The van der Waals surface area contributed by atoms with Crippen LogP contribution in [0.4, 0.5) is 0 Å². The van der Waals surface area contributed by atoms with Crippen LogP contribution in [-0.4, -0.2) is 21.0 Å². The first-order valence-corrected chi connectivity index (χ1v) is 4.73. The SMILES string of the molecule is Cc1ccc(-c2nc(O)c(C(N)=O)[nH]2)cc1. The van der Waals surface area contributed by atoms with Crippen molar-refractivity contribution in [3.63, 3.8) is 0 Å². The number of carbonyl (C=O) groups excluding carboxylic acids is 1. The molecule has 0 spiro atoms. The van der Waals surface area contributed by atoms with Gasteiger partial charge in [0.15, 0.2) is 5.69 Å². The predicted molar refractivity (Wildman–Crippen MR) is 58.9 cm³/mol. The van der Waals surface area contributed by atoms with Crippen LogP contribution in [0.1, 0.15) is 16.1 Å². The summed E-state index contributed by atoms with van der Waals surface area (Å²) in [6, 6.07) is 7.52. The number of imidazole rings is 1. The van der Waals surface area contributed by atoms with Gasteiger partial charge in [-0.15, -0.1) is 0 Å². The number of H-pyrrole nitrogens is 1. The zero-order valence-electron chi connectivity index (χ0n) is 8.69. The summed E-state index contributed by atoms with van der Waals surface area (Å²) in [7, 11) is 0. The first kappa shape index (κ1) is 10.2. The zero-order valence-corrected chi connectivity index (χ0v) is 8.69. The third-order valence-corrected chi connectivity index (χ3v) is 2.26. The molecular weight excluding hydrogens is 206 g/mol. The molecule has 5 nitrogen and oxygen atoms in total. The summed E-state index contributed by atoms with van der Waals surface area (Å²) in [5.41, 5.74) is 6.89. The lowest BCUT2D eigenvalue weighted by atomic mass is 10.1. The number of aryl methyl sites for hydroxylation is 1. The van der Waals surface area contributed by atoms with Gasteiger partial charge in [0, 0.05) is 5.56 Å². The summed E-state index contributed by atoms with van der Waals surface area (Å²) in [5, 5.41) is 9.37. The molecular formula is C11H11N3O2. The molecule has 82 valence electrons. The van der Waals surface area contributed by atoms with E-state index in [9.17, 15) is 9.90 Å². The number of rotatable bonds is 2. The molecule has 4 N–H and O–H groups in total. The van der Waals surface area contributed by atoms with Crippen molar-refractivity contribution in [3.8, 4) is 17.3 Å². The van der Waals surface area contributed by atoms with E-state index in [1.54, 1.807) is 0 Å². The largest absolute Gasteiger partial charge is 0.492 e. The van der Waals surface area contributed by atoms with Crippen molar-refractivity contribution in [2.75, 3.05) is 0 Å². The number of aromatic hydroxyl groups is 1. The van der Waals surface area contributed by atoms with Gasteiger partial charge in [-0.2, -0.15) is 4.98 Å². The zero-order chi connectivity index (χ0) is 11.7. The van der Waals surface area contributed by atoms with Gasteiger partial charge in [-0.25, -0.2) is 0 Å². The van der Waals surface area contributed by atoms with E-state index in [1.165, 1.54) is 0 Å². The van der Waals surface area contributed by atoms with E-state index in [4.69, 9.17) is 5.73 Å². The molecule has 2 rings (SSSR count). The first-order chi connectivity index (χ1) is 7.58. The van der Waals surface area contributed by atoms with Gasteiger partial charge in [0.2, 0.25) is 5.88 Å². The summed E-state index contributed by atoms with van der Waals surface area (Å²) < 4.78 is 0. The molecule has 0 aliphatic rings. The first-order valence-electron chi connectivity index (χ1n) is 4.73. The van der Waals surface area contributed by atoms with Crippen LogP contribution >= 0.6 is 0 Å². The number of carbonyl (C=O) groups is 1. The second-order valence-corrected chi connectivity index (χ2v) is 3.51. The third-order valence-electron chi connectivity index (χ3n) is 2.26. The Balaban J connectivity index is 2.45. The maximum absolute atomic E-state index is 10.9. The topological polar surface area (TPSA) is 92.0 Å². The van der Waals surface area contributed by atoms with E-state index in [2.05, 4.69) is 9.97 Å². The van der Waals surface area contributed by atoms with E-state index in [-0.39, 0.29) is 11.6 Å². The lowest BCUT2D eigenvalue weighted by Gasteiger charge is -1.96. The Hall–Kier alpha value is -2.30. The molecule has 2 aromatic rings. The van der Waals surface area contributed by atoms with Crippen LogP contribution in [0, 0.1) is 6.92 Å². The average Bonchev–Trinajstić information content (AvgIpc) is 2.61. The van der Waals surface area contributed by atoms with Gasteiger partial charge in [0.25, 0.3) is 5.91 Å². The van der Waals surface area contributed by atoms with E-state index < -0.39 is 5.91 Å². The molecule has 1 heterocycles. The van der Waals surface area contributed by atoms with Gasteiger partial charge < -0.3 is 15.8 Å². The summed E-state index contributed by atoms with van der Waals surface area (Å²) in [5.74, 6) is -0.683. The van der Waals surface area contributed by atoms with Crippen LogP contribution in [0.2, 0.25) is 0 Å². The van der Waals surface area contributed by atoms with Crippen molar-refractivity contribution in [3.05, 3.63) is 35.5 Å². The second kappa shape index (κ2) is 3.69. The Labute approximate surface area is 91.9 Å². The summed E-state index contributed by atoms with van der Waals surface area (Å²) >= 11 is 0. The monoisotopic (exact) mass is 217 g/mol. The van der Waals surface area contributed by atoms with Gasteiger partial charge in [0.1, 0.15) is 5.82 Å². The van der Waals surface area contributed by atoms with E-state index >= 15 is 0 Å². The van der Waals surface area contributed by atoms with Crippen molar-refractivity contribution in [1.82, 2.24) is 9.97 Å². The highest BCUT2D eigenvalue weighted by molar-refractivity contribution is 5.93. The Kier molecular flexibility index (Phi) is 2.36. The van der Waals surface area contributed by atoms with Crippen molar-refractivity contribution in [2.45, 2.75) is 6.92 Å². The van der Waals surface area contributed by atoms with E-state index in [1.807, 2.05) is 31.2 Å². The van der Waals surface area contributed by atoms with Crippen molar-refractivity contribution in [2.24, 2.45) is 5.73 Å². The fourth-order valence-electron chi connectivity index (χ4n) is 1.38. The van der Waals surface area contributed by atoms with Crippen LogP contribution in [0.5, 0.6) is 5.88 Å². The van der Waals surface area contributed by atoms with E-state index in [0.717, 1.165) is 11.1 Å². The average molecular weight is 217 g/mol. The number of nitrogens with one attached hydrogen (secondary N) is 1. The molecule has 0 unspecified atom stereocenters. The number of aromatic amines is 1. The number of nitrogens with two attached hydrogens (primary N) is 1. The summed E-state index contributed by atoms with van der Waals surface area (Å²) in [6.07, 6.45) is 0. The number of hydrogen-bond acceptors (Lipinski definition) is 3. The molecule has 0 bridgehead atoms. The Morgan fingerprint density at radius 2 is 2.00 bits per heavy atom. The molecule has 0 saturated heterocycles. The Bertz CT molecular complexity index is 529. The van der Waals surface area contributed by atoms with Crippen LogP contribution in [0.15, 0.2) is 24.3 Å². The number of benzene rings is 1. The highest BCUT2D eigenvalue weighted by atomic mass is 16.3. The third kappa shape index (κ3) is 1.75. The number of primary amides is 1. The normalized spacial score (nSPS) is 10.3. The standard InChI is InChI=1S/C11H11N3O2/c1-6-2-4-7(5-3-6)10-13-8(9(12)15)11(16)14-10/h2-5,16H,1H3,(H2,12,15)(H,13,14). The highest BCUT2D eigenvalue weighted by Crippen LogP contribution is 2.21. The number of nitrogens with zero attached hydrogens (tertiary/aromatic N) is 1. The maximum atomic E-state index is 10.9. The van der Waals surface area contributed by atoms with Gasteiger partial charge >= 0.3 is 0 Å². The van der Waals surface area contributed by atoms with Gasteiger partial charge in [0.05, 0.1) is 0 Å². The van der Waals surface area contributed by atoms with Gasteiger partial charge in [-0.05, 0) is 6.92 Å². The number of amides is 1. The molecule has 0 aliphatic carbocycles. The van der Waals surface area contributed by atoms with Crippen LogP contribution in [-0.2, 0) is 0 Å². The molecule has 1 aromatic carbocycles. The number of aromatic nitrogens is 2. The molecule has 5 heteroatoms. The molecule has 1 aromatic heterocycles. The smallest absolute Gasteiger partial charge is 0.270 e. The minimum atomic E-state index is -0.733. The molecule has 1 amide bonds. The van der Waals surface area contributed by atoms with Gasteiger partial charge in [-0.3, -0.25) is 4.79 Å². The second-order valence-electron chi connectivity index (χ2n) is 3.51. The minimum Gasteiger partial charge on any atom is -0.492 e. The van der Waals surface area contributed by atoms with Gasteiger partial charge in [-0.1, -0.05) is 29.8 Å². The van der Waals surface area contributed by atoms with Crippen molar-refractivity contribution < 1.29 is 9.90 Å². The summed E-state index contributed by atoms with van der Waals surface area (Å²) in [6.45, 7) is 1.97. The van der Waals surface area contributed by atoms with Crippen molar-refractivity contribution in [1.29, 1.82) is 0 Å².